The molecule has 1 aromatic rings. The maximum absolute atomic E-state index is 15.3. The fraction of sp³-hybridized carbons (Fsp3) is 0.733. The van der Waals surface area contributed by atoms with Crippen molar-refractivity contribution in [2.24, 2.45) is 29.1 Å². The topological polar surface area (TPSA) is 64.6 Å². The highest BCUT2D eigenvalue weighted by atomic mass is 19.1. The molecule has 5 aliphatic rings. The second kappa shape index (κ2) is 9.33. The molecule has 5 saturated carbocycles. The Balaban J connectivity index is 1.32. The van der Waals surface area contributed by atoms with Gasteiger partial charge in [-0.15, -0.1) is 0 Å². The van der Waals surface area contributed by atoms with Crippen molar-refractivity contribution in [2.75, 3.05) is 6.61 Å². The van der Waals surface area contributed by atoms with Gasteiger partial charge in [0.1, 0.15) is 23.2 Å². The lowest BCUT2D eigenvalue weighted by molar-refractivity contribution is -0.158. The predicted octanol–water partition coefficient (Wildman–Crippen LogP) is 6.39. The van der Waals surface area contributed by atoms with Crippen molar-refractivity contribution in [3.63, 3.8) is 0 Å². The lowest BCUT2D eigenvalue weighted by atomic mass is 9.50. The number of carbonyl (C=O) groups is 2. The maximum Gasteiger partial charge on any atom is 0.329 e. The summed E-state index contributed by atoms with van der Waals surface area (Å²) in [5, 5.41) is 2.73. The van der Waals surface area contributed by atoms with E-state index in [9.17, 15) is 9.59 Å². The summed E-state index contributed by atoms with van der Waals surface area (Å²) in [6, 6.07) is 2.21. The lowest BCUT2D eigenvalue weighted by Gasteiger charge is -2.56. The first-order valence-corrected chi connectivity index (χ1v) is 13.9. The Morgan fingerprint density at radius 1 is 1.06 bits per heavy atom. The van der Waals surface area contributed by atoms with Gasteiger partial charge >= 0.3 is 5.97 Å². The molecule has 0 spiro atoms. The van der Waals surface area contributed by atoms with Gasteiger partial charge in [-0.25, -0.2) is 9.18 Å². The van der Waals surface area contributed by atoms with E-state index < -0.39 is 29.3 Å². The maximum atomic E-state index is 15.3. The summed E-state index contributed by atoms with van der Waals surface area (Å²) in [5.74, 6) is 1.50. The number of ether oxygens (including phenoxy) is 2. The average molecular weight is 500 g/mol. The molecule has 5 nitrogen and oxygen atoms in total. The van der Waals surface area contributed by atoms with Crippen LogP contribution in [0.3, 0.4) is 0 Å². The Morgan fingerprint density at radius 3 is 2.14 bits per heavy atom. The van der Waals surface area contributed by atoms with Crippen molar-refractivity contribution < 1.29 is 23.5 Å². The Morgan fingerprint density at radius 2 is 1.64 bits per heavy atom. The van der Waals surface area contributed by atoms with Crippen molar-refractivity contribution >= 4 is 11.9 Å². The quantitative estimate of drug-likeness (QED) is 0.421. The van der Waals surface area contributed by atoms with E-state index in [0.717, 1.165) is 36.2 Å². The minimum Gasteiger partial charge on any atom is -0.493 e. The number of halogens is 1. The molecular formula is C30H42FNO4. The van der Waals surface area contributed by atoms with Crippen LogP contribution >= 0.6 is 0 Å². The molecule has 0 saturated heterocycles. The first-order valence-electron chi connectivity index (χ1n) is 13.9. The molecule has 1 amide bonds. The van der Waals surface area contributed by atoms with Crippen molar-refractivity contribution in [2.45, 2.75) is 104 Å². The molecule has 5 fully saturated rings. The number of carbonyl (C=O) groups excluding carboxylic acids is 2. The zero-order chi connectivity index (χ0) is 25.8. The van der Waals surface area contributed by atoms with Gasteiger partial charge in [0, 0.05) is 11.5 Å². The van der Waals surface area contributed by atoms with Crippen LogP contribution in [0.25, 0.3) is 0 Å². The molecule has 4 bridgehead atoms. The zero-order valence-electron chi connectivity index (χ0n) is 22.5. The van der Waals surface area contributed by atoms with E-state index in [1.54, 1.807) is 26.8 Å². The van der Waals surface area contributed by atoms with Crippen LogP contribution in [-0.4, -0.2) is 30.1 Å². The molecule has 198 valence electrons. The summed E-state index contributed by atoms with van der Waals surface area (Å²) in [7, 11) is 0. The van der Waals surface area contributed by atoms with Crippen LogP contribution in [0.1, 0.15) is 108 Å². The molecule has 1 unspecified atom stereocenters. The molecule has 1 atom stereocenters. The number of nitrogens with one attached hydrogen (secondary N) is 1. The highest BCUT2D eigenvalue weighted by molar-refractivity contribution is 5.97. The monoisotopic (exact) mass is 499 g/mol. The van der Waals surface area contributed by atoms with Gasteiger partial charge in [0.25, 0.3) is 5.91 Å². The zero-order valence-corrected chi connectivity index (χ0v) is 22.5. The summed E-state index contributed by atoms with van der Waals surface area (Å²) >= 11 is 0. The molecule has 5 aliphatic carbocycles. The van der Waals surface area contributed by atoms with E-state index in [1.807, 2.05) is 13.8 Å². The third-order valence-electron chi connectivity index (χ3n) is 8.67. The third-order valence-corrected chi connectivity index (χ3v) is 8.67. The van der Waals surface area contributed by atoms with E-state index in [1.165, 1.54) is 44.6 Å². The molecule has 0 radical (unpaired) electrons. The highest BCUT2D eigenvalue weighted by Gasteiger charge is 2.51. The Hall–Kier alpha value is -2.11. The molecule has 0 aromatic heterocycles. The van der Waals surface area contributed by atoms with Gasteiger partial charge in [-0.1, -0.05) is 13.8 Å². The normalized spacial score (nSPS) is 29.8. The van der Waals surface area contributed by atoms with E-state index >= 15 is 4.39 Å². The van der Waals surface area contributed by atoms with Crippen LogP contribution < -0.4 is 10.1 Å². The Labute approximate surface area is 214 Å². The fourth-order valence-corrected chi connectivity index (χ4v) is 7.36. The number of rotatable bonds is 8. The summed E-state index contributed by atoms with van der Waals surface area (Å²) in [6.45, 7) is 9.68. The minimum absolute atomic E-state index is 0.0340. The van der Waals surface area contributed by atoms with Gasteiger partial charge in [0.15, 0.2) is 0 Å². The number of hydrogen-bond donors (Lipinski definition) is 1. The van der Waals surface area contributed by atoms with Crippen LogP contribution in [-0.2, 0) is 9.53 Å². The van der Waals surface area contributed by atoms with Crippen LogP contribution in [0.5, 0.6) is 5.75 Å². The summed E-state index contributed by atoms with van der Waals surface area (Å²) in [4.78, 5) is 25.8. The number of esters is 1. The van der Waals surface area contributed by atoms with Gasteiger partial charge in [-0.05, 0) is 113 Å². The lowest BCUT2D eigenvalue weighted by Crippen LogP contribution is -2.48. The van der Waals surface area contributed by atoms with Crippen molar-refractivity contribution in [1.29, 1.82) is 0 Å². The van der Waals surface area contributed by atoms with Crippen LogP contribution in [0.4, 0.5) is 4.39 Å². The molecule has 0 heterocycles. The molecule has 36 heavy (non-hydrogen) atoms. The van der Waals surface area contributed by atoms with Gasteiger partial charge in [0.2, 0.25) is 0 Å². The Bertz CT molecular complexity index is 987. The Kier molecular flexibility index (Phi) is 6.61. The third kappa shape index (κ3) is 5.43. The van der Waals surface area contributed by atoms with E-state index in [-0.39, 0.29) is 16.9 Å². The van der Waals surface area contributed by atoms with E-state index in [0.29, 0.717) is 18.3 Å². The van der Waals surface area contributed by atoms with Crippen LogP contribution in [0.2, 0.25) is 0 Å². The minimum atomic E-state index is -0.854. The largest absolute Gasteiger partial charge is 0.493 e. The van der Waals surface area contributed by atoms with Gasteiger partial charge < -0.3 is 14.8 Å². The predicted molar refractivity (Wildman–Crippen MR) is 136 cm³/mol. The summed E-state index contributed by atoms with van der Waals surface area (Å²) < 4.78 is 27.2. The van der Waals surface area contributed by atoms with Crippen LogP contribution in [0, 0.1) is 34.9 Å². The van der Waals surface area contributed by atoms with E-state index in [4.69, 9.17) is 9.47 Å². The SMILES string of the molecule is CC(C)C(NC(=O)c1cc(C2CC2)c(OCC23CC4CC(CC(C4)C2)C3)cc1F)C(=O)OC(C)(C)C. The van der Waals surface area contributed by atoms with Crippen molar-refractivity contribution in [3.8, 4) is 5.75 Å². The molecule has 6 rings (SSSR count). The van der Waals surface area contributed by atoms with Crippen LogP contribution in [0.15, 0.2) is 12.1 Å². The summed E-state index contributed by atoms with van der Waals surface area (Å²) in [5.41, 5.74) is 0.451. The highest BCUT2D eigenvalue weighted by Crippen LogP contribution is 2.60. The molecule has 0 aliphatic heterocycles. The van der Waals surface area contributed by atoms with Crippen molar-refractivity contribution in [1.82, 2.24) is 5.32 Å². The van der Waals surface area contributed by atoms with Gasteiger partial charge in [-0.3, -0.25) is 4.79 Å². The second-order valence-corrected chi connectivity index (χ2v) is 13.6. The number of benzene rings is 1. The molecular weight excluding hydrogens is 457 g/mol. The first-order chi connectivity index (χ1) is 16.9. The number of hydrogen-bond acceptors (Lipinski definition) is 4. The fourth-order valence-electron chi connectivity index (χ4n) is 7.36. The van der Waals surface area contributed by atoms with Gasteiger partial charge in [0.05, 0.1) is 12.2 Å². The van der Waals surface area contributed by atoms with E-state index in [2.05, 4.69) is 5.32 Å². The van der Waals surface area contributed by atoms with Crippen molar-refractivity contribution in [3.05, 3.63) is 29.1 Å². The average Bonchev–Trinajstić information content (AvgIpc) is 3.59. The van der Waals surface area contributed by atoms with Gasteiger partial charge in [-0.2, -0.15) is 0 Å². The number of amides is 1. The summed E-state index contributed by atoms with van der Waals surface area (Å²) in [6.07, 6.45) is 9.90. The molecule has 6 heteroatoms. The standard InChI is InChI=1S/C30H42FNO4/c1-17(2)26(28(34)36-29(3,4)5)32-27(33)23-11-22(21-6-7-21)25(12-24(23)31)35-16-30-13-18-8-19(14-30)10-20(9-18)15-30/h11-12,17-21,26H,6-10,13-16H2,1-5H3,(H,32,33). The molecule has 1 aromatic carbocycles. The first kappa shape index (κ1) is 25.5. The smallest absolute Gasteiger partial charge is 0.329 e. The molecule has 1 N–H and O–H groups in total. The second-order valence-electron chi connectivity index (χ2n) is 13.6.